The highest BCUT2D eigenvalue weighted by Crippen LogP contribution is 2.10. The predicted octanol–water partition coefficient (Wildman–Crippen LogP) is 2.62. The van der Waals surface area contributed by atoms with Crippen molar-refractivity contribution in [3.05, 3.63) is 30.3 Å². The number of benzene rings is 1. The molecule has 0 bridgehead atoms. The fraction of sp³-hybridized carbons (Fsp3) is 0.500. The van der Waals surface area contributed by atoms with Crippen molar-refractivity contribution in [1.82, 2.24) is 5.32 Å². The first kappa shape index (κ1) is 17.4. The maximum absolute atomic E-state index is 12.7. The Balaban J connectivity index is 2.76. The number of amides is 1. The molecular weight excluding hydrogens is 282 g/mol. The first-order chi connectivity index (χ1) is 9.54. The maximum Gasteiger partial charge on any atom is 0.408 e. The molecule has 1 atom stereocenters. The lowest BCUT2D eigenvalue weighted by Crippen LogP contribution is -2.57. The zero-order valence-electron chi connectivity index (χ0n) is 13.7. The van der Waals surface area contributed by atoms with E-state index in [2.05, 4.69) is 5.32 Å². The van der Waals surface area contributed by atoms with E-state index in [4.69, 9.17) is 4.74 Å². The SMILES string of the molecule is C[C@@H](NC(=O)OC(C)(C)C)C(=O)[Si](C)(C)c1ccccc1. The minimum absolute atomic E-state index is 0.0829. The molecule has 1 amide bonds. The Bertz CT molecular complexity index is 506. The van der Waals surface area contributed by atoms with Gasteiger partial charge in [-0.2, -0.15) is 0 Å². The highest BCUT2D eigenvalue weighted by molar-refractivity contribution is 7.13. The molecule has 116 valence electrons. The molecule has 0 fully saturated rings. The van der Waals surface area contributed by atoms with Gasteiger partial charge in [0.15, 0.2) is 8.07 Å². The molecule has 1 aromatic rings. The monoisotopic (exact) mass is 307 g/mol. The lowest BCUT2D eigenvalue weighted by atomic mass is 10.2. The van der Waals surface area contributed by atoms with Gasteiger partial charge in [-0.25, -0.2) is 4.79 Å². The van der Waals surface area contributed by atoms with E-state index < -0.39 is 25.8 Å². The van der Waals surface area contributed by atoms with Crippen LogP contribution < -0.4 is 10.5 Å². The largest absolute Gasteiger partial charge is 0.444 e. The third-order valence-electron chi connectivity index (χ3n) is 3.24. The number of alkyl carbamates (subject to hydrolysis) is 1. The number of ether oxygens (including phenoxy) is 1. The summed E-state index contributed by atoms with van der Waals surface area (Å²) in [5.41, 5.74) is -0.570. The molecular formula is C16H25NO3Si. The Morgan fingerprint density at radius 3 is 2.14 bits per heavy atom. The zero-order chi connectivity index (χ0) is 16.3. The number of carbonyl (C=O) groups is 2. The average Bonchev–Trinajstić information content (AvgIpc) is 2.36. The summed E-state index contributed by atoms with van der Waals surface area (Å²) in [6.07, 6.45) is -0.554. The maximum atomic E-state index is 12.7. The second-order valence-electron chi connectivity index (χ2n) is 6.72. The van der Waals surface area contributed by atoms with Crippen LogP contribution >= 0.6 is 0 Å². The van der Waals surface area contributed by atoms with E-state index >= 15 is 0 Å². The van der Waals surface area contributed by atoms with Crippen LogP contribution in [0.4, 0.5) is 4.79 Å². The number of carbonyl (C=O) groups excluding carboxylic acids is 2. The lowest BCUT2D eigenvalue weighted by Gasteiger charge is -2.27. The molecule has 1 N–H and O–H groups in total. The van der Waals surface area contributed by atoms with Gasteiger partial charge < -0.3 is 14.8 Å². The van der Waals surface area contributed by atoms with Crippen molar-refractivity contribution in [1.29, 1.82) is 0 Å². The van der Waals surface area contributed by atoms with Gasteiger partial charge in [-0.05, 0) is 27.7 Å². The average molecular weight is 307 g/mol. The summed E-state index contributed by atoms with van der Waals surface area (Å²) in [7, 11) is -2.28. The molecule has 0 aliphatic carbocycles. The van der Waals surface area contributed by atoms with E-state index in [9.17, 15) is 9.59 Å². The molecule has 0 unspecified atom stereocenters. The van der Waals surface area contributed by atoms with Crippen molar-refractivity contribution < 1.29 is 14.3 Å². The zero-order valence-corrected chi connectivity index (χ0v) is 14.7. The number of nitrogens with one attached hydrogen (secondary N) is 1. The molecule has 5 heteroatoms. The Morgan fingerprint density at radius 1 is 1.14 bits per heavy atom. The van der Waals surface area contributed by atoms with E-state index in [-0.39, 0.29) is 5.41 Å². The molecule has 0 aliphatic rings. The summed E-state index contributed by atoms with van der Waals surface area (Å²) in [6.45, 7) is 11.1. The van der Waals surface area contributed by atoms with E-state index in [0.717, 1.165) is 5.19 Å². The van der Waals surface area contributed by atoms with Crippen LogP contribution in [-0.2, 0) is 9.53 Å². The van der Waals surface area contributed by atoms with Crippen molar-refractivity contribution in [2.45, 2.75) is 52.4 Å². The Hall–Kier alpha value is -1.62. The molecule has 1 aromatic carbocycles. The van der Waals surface area contributed by atoms with E-state index in [1.807, 2.05) is 43.4 Å². The fourth-order valence-corrected chi connectivity index (χ4v) is 4.55. The van der Waals surface area contributed by atoms with Crippen molar-refractivity contribution in [2.24, 2.45) is 0 Å². The van der Waals surface area contributed by atoms with Gasteiger partial charge in [0.05, 0.1) is 6.04 Å². The van der Waals surface area contributed by atoms with Crippen molar-refractivity contribution >= 4 is 24.8 Å². The van der Waals surface area contributed by atoms with E-state index in [0.29, 0.717) is 0 Å². The van der Waals surface area contributed by atoms with Crippen molar-refractivity contribution in [2.75, 3.05) is 0 Å². The van der Waals surface area contributed by atoms with Crippen molar-refractivity contribution in [3.8, 4) is 0 Å². The molecule has 1 rings (SSSR count). The summed E-state index contributed by atoms with van der Waals surface area (Å²) in [5.74, 6) is 0. The third-order valence-corrected chi connectivity index (χ3v) is 6.68. The smallest absolute Gasteiger partial charge is 0.408 e. The minimum Gasteiger partial charge on any atom is -0.444 e. The molecule has 0 aliphatic heterocycles. The van der Waals surface area contributed by atoms with Gasteiger partial charge in [0.2, 0.25) is 0 Å². The number of hydrogen-bond acceptors (Lipinski definition) is 3. The van der Waals surface area contributed by atoms with Crippen LogP contribution in [0.25, 0.3) is 0 Å². The summed E-state index contributed by atoms with van der Waals surface area (Å²) in [5, 5.41) is 3.78. The van der Waals surface area contributed by atoms with Crippen LogP contribution in [0.15, 0.2) is 30.3 Å². The molecule has 21 heavy (non-hydrogen) atoms. The van der Waals surface area contributed by atoms with Crippen LogP contribution in [0.5, 0.6) is 0 Å². The van der Waals surface area contributed by atoms with Gasteiger partial charge in [0.25, 0.3) is 0 Å². The van der Waals surface area contributed by atoms with Crippen LogP contribution in [-0.4, -0.2) is 31.2 Å². The normalized spacial score (nSPS) is 13.4. The molecule has 0 spiro atoms. The second-order valence-corrected chi connectivity index (χ2v) is 11.0. The highest BCUT2D eigenvalue weighted by Gasteiger charge is 2.36. The molecule has 0 radical (unpaired) electrons. The quantitative estimate of drug-likeness (QED) is 0.870. The Morgan fingerprint density at radius 2 is 1.67 bits per heavy atom. The van der Waals surface area contributed by atoms with Crippen LogP contribution in [0, 0.1) is 0 Å². The van der Waals surface area contributed by atoms with Gasteiger partial charge in [0.1, 0.15) is 11.0 Å². The number of hydrogen-bond donors (Lipinski definition) is 1. The number of rotatable bonds is 4. The third kappa shape index (κ3) is 5.01. The first-order valence-electron chi connectivity index (χ1n) is 7.13. The second kappa shape index (κ2) is 6.43. The lowest BCUT2D eigenvalue weighted by molar-refractivity contribution is -0.114. The standard InChI is InChI=1S/C16H25NO3Si/c1-12(17-15(19)20-16(2,3)4)14(18)21(5,6)13-10-8-7-9-11-13/h7-12H,1-6H3,(H,17,19)/t12-/m1/s1. The topological polar surface area (TPSA) is 55.4 Å². The van der Waals surface area contributed by atoms with Gasteiger partial charge >= 0.3 is 6.09 Å². The summed E-state index contributed by atoms with van der Waals surface area (Å²) in [6, 6.07) is 9.20. The van der Waals surface area contributed by atoms with Crippen LogP contribution in [0.1, 0.15) is 27.7 Å². The van der Waals surface area contributed by atoms with Crippen LogP contribution in [0.3, 0.4) is 0 Å². The molecule has 0 aromatic heterocycles. The van der Waals surface area contributed by atoms with E-state index in [1.54, 1.807) is 27.7 Å². The molecule has 0 saturated heterocycles. The molecule has 4 nitrogen and oxygen atoms in total. The van der Waals surface area contributed by atoms with Crippen molar-refractivity contribution in [3.63, 3.8) is 0 Å². The van der Waals surface area contributed by atoms with Crippen LogP contribution in [0.2, 0.25) is 13.1 Å². The Kier molecular flexibility index (Phi) is 5.34. The predicted molar refractivity (Wildman–Crippen MR) is 87.4 cm³/mol. The Labute approximate surface area is 127 Å². The summed E-state index contributed by atoms with van der Waals surface area (Å²) >= 11 is 0. The van der Waals surface area contributed by atoms with Gasteiger partial charge in [-0.1, -0.05) is 48.6 Å². The molecule has 0 saturated carbocycles. The first-order valence-corrected chi connectivity index (χ1v) is 10.1. The minimum atomic E-state index is -2.28. The van der Waals surface area contributed by atoms with Gasteiger partial charge in [-0.15, -0.1) is 0 Å². The van der Waals surface area contributed by atoms with Gasteiger partial charge in [0, 0.05) is 0 Å². The van der Waals surface area contributed by atoms with E-state index in [1.165, 1.54) is 0 Å². The highest BCUT2D eigenvalue weighted by atomic mass is 28.3. The van der Waals surface area contributed by atoms with Gasteiger partial charge in [-0.3, -0.25) is 0 Å². The molecule has 0 heterocycles. The fourth-order valence-electron chi connectivity index (χ4n) is 2.09. The summed E-state index contributed by atoms with van der Waals surface area (Å²) < 4.78 is 5.19. The summed E-state index contributed by atoms with van der Waals surface area (Å²) in [4.78, 5) is 24.4.